The second-order valence-electron chi connectivity index (χ2n) is 5.30. The number of likely N-dealkylation sites (N-methyl/N-ethyl adjacent to an activating group) is 1. The number of carbonyl (C=O) groups is 2. The average Bonchev–Trinajstić information content (AvgIpc) is 2.43. The standard InChI is InChI=1S/C13H26N4O2/c1-4-16-5-7-17(8-6-16)11(18)9-15-13(19)12(14)10(2)3/h10,12H,4-9,14H2,1-3H3,(H,15,19)/t12-/m0/s1. The van der Waals surface area contributed by atoms with Crippen LogP contribution in [0.15, 0.2) is 0 Å². The molecule has 1 fully saturated rings. The lowest BCUT2D eigenvalue weighted by Crippen LogP contribution is -2.52. The largest absolute Gasteiger partial charge is 0.346 e. The fourth-order valence-electron chi connectivity index (χ4n) is 2.01. The summed E-state index contributed by atoms with van der Waals surface area (Å²) in [6.45, 7) is 10.2. The Kier molecular flexibility index (Phi) is 6.24. The summed E-state index contributed by atoms with van der Waals surface area (Å²) in [7, 11) is 0. The first kappa shape index (κ1) is 15.9. The van der Waals surface area contributed by atoms with Crippen LogP contribution in [0.1, 0.15) is 20.8 Å². The summed E-state index contributed by atoms with van der Waals surface area (Å²) >= 11 is 0. The molecule has 6 nitrogen and oxygen atoms in total. The molecule has 0 radical (unpaired) electrons. The van der Waals surface area contributed by atoms with E-state index in [0.29, 0.717) is 0 Å². The van der Waals surface area contributed by atoms with Gasteiger partial charge in [0.2, 0.25) is 11.8 Å². The molecule has 0 spiro atoms. The highest BCUT2D eigenvalue weighted by molar-refractivity contribution is 5.87. The molecular formula is C13H26N4O2. The second-order valence-corrected chi connectivity index (χ2v) is 5.30. The number of hydrogen-bond acceptors (Lipinski definition) is 4. The molecule has 0 aromatic heterocycles. The number of hydrogen-bond donors (Lipinski definition) is 2. The summed E-state index contributed by atoms with van der Waals surface area (Å²) in [5, 5.41) is 2.62. The zero-order valence-corrected chi connectivity index (χ0v) is 12.2. The van der Waals surface area contributed by atoms with Crippen molar-refractivity contribution in [3.8, 4) is 0 Å². The van der Waals surface area contributed by atoms with Gasteiger partial charge in [0, 0.05) is 26.2 Å². The molecular weight excluding hydrogens is 244 g/mol. The zero-order chi connectivity index (χ0) is 14.4. The summed E-state index contributed by atoms with van der Waals surface area (Å²) in [6.07, 6.45) is 0. The molecule has 0 aromatic carbocycles. The number of nitrogens with zero attached hydrogens (tertiary/aromatic N) is 2. The molecule has 0 bridgehead atoms. The molecule has 1 rings (SSSR count). The van der Waals surface area contributed by atoms with Crippen LogP contribution in [-0.2, 0) is 9.59 Å². The van der Waals surface area contributed by atoms with Crippen molar-refractivity contribution in [1.82, 2.24) is 15.1 Å². The Bertz CT molecular complexity index is 312. The van der Waals surface area contributed by atoms with Crippen molar-refractivity contribution < 1.29 is 9.59 Å². The Balaban J connectivity index is 2.30. The van der Waals surface area contributed by atoms with Gasteiger partial charge in [-0.3, -0.25) is 9.59 Å². The number of carbonyl (C=O) groups excluding carboxylic acids is 2. The average molecular weight is 270 g/mol. The Morgan fingerprint density at radius 2 is 1.79 bits per heavy atom. The van der Waals surface area contributed by atoms with E-state index in [1.165, 1.54) is 0 Å². The van der Waals surface area contributed by atoms with Gasteiger partial charge in [0.15, 0.2) is 0 Å². The Morgan fingerprint density at radius 3 is 2.26 bits per heavy atom. The lowest BCUT2D eigenvalue weighted by Gasteiger charge is -2.34. The van der Waals surface area contributed by atoms with E-state index in [0.717, 1.165) is 32.7 Å². The summed E-state index contributed by atoms with van der Waals surface area (Å²) < 4.78 is 0. The van der Waals surface area contributed by atoms with Crippen molar-refractivity contribution in [3.05, 3.63) is 0 Å². The first-order valence-corrected chi connectivity index (χ1v) is 6.99. The van der Waals surface area contributed by atoms with Gasteiger partial charge in [0.25, 0.3) is 0 Å². The predicted molar refractivity (Wildman–Crippen MR) is 74.5 cm³/mol. The van der Waals surface area contributed by atoms with Crippen LogP contribution < -0.4 is 11.1 Å². The summed E-state index contributed by atoms with van der Waals surface area (Å²) in [5.41, 5.74) is 5.72. The minimum Gasteiger partial charge on any atom is -0.346 e. The molecule has 0 unspecified atom stereocenters. The predicted octanol–water partition coefficient (Wildman–Crippen LogP) is -0.750. The number of piperazine rings is 1. The minimum atomic E-state index is -0.551. The highest BCUT2D eigenvalue weighted by Crippen LogP contribution is 2.01. The van der Waals surface area contributed by atoms with Gasteiger partial charge in [0.1, 0.15) is 0 Å². The fourth-order valence-corrected chi connectivity index (χ4v) is 2.01. The second kappa shape index (κ2) is 7.45. The summed E-state index contributed by atoms with van der Waals surface area (Å²) in [5.74, 6) is -0.209. The quantitative estimate of drug-likeness (QED) is 0.689. The highest BCUT2D eigenvalue weighted by Gasteiger charge is 2.22. The number of nitrogens with two attached hydrogens (primary N) is 1. The van der Waals surface area contributed by atoms with E-state index in [-0.39, 0.29) is 24.3 Å². The first-order valence-electron chi connectivity index (χ1n) is 6.99. The Labute approximate surface area is 115 Å². The van der Waals surface area contributed by atoms with E-state index in [9.17, 15) is 9.59 Å². The Morgan fingerprint density at radius 1 is 1.21 bits per heavy atom. The van der Waals surface area contributed by atoms with Gasteiger partial charge in [-0.15, -0.1) is 0 Å². The van der Waals surface area contributed by atoms with Crippen LogP contribution in [0.4, 0.5) is 0 Å². The zero-order valence-electron chi connectivity index (χ0n) is 12.2. The molecule has 19 heavy (non-hydrogen) atoms. The van der Waals surface area contributed by atoms with Gasteiger partial charge < -0.3 is 20.9 Å². The SMILES string of the molecule is CCN1CCN(C(=O)CNC(=O)[C@@H](N)C(C)C)CC1. The van der Waals surface area contributed by atoms with Crippen molar-refractivity contribution in [2.24, 2.45) is 11.7 Å². The normalized spacial score (nSPS) is 18.5. The number of nitrogens with one attached hydrogen (secondary N) is 1. The molecule has 0 saturated carbocycles. The highest BCUT2D eigenvalue weighted by atomic mass is 16.2. The number of rotatable bonds is 5. The Hall–Kier alpha value is -1.14. The van der Waals surface area contributed by atoms with E-state index < -0.39 is 6.04 Å². The lowest BCUT2D eigenvalue weighted by molar-refractivity contribution is -0.134. The van der Waals surface area contributed by atoms with Gasteiger partial charge in [0.05, 0.1) is 12.6 Å². The van der Waals surface area contributed by atoms with E-state index in [1.54, 1.807) is 4.90 Å². The topological polar surface area (TPSA) is 78.7 Å². The molecule has 110 valence electrons. The van der Waals surface area contributed by atoms with Gasteiger partial charge in [-0.1, -0.05) is 20.8 Å². The van der Waals surface area contributed by atoms with Crippen LogP contribution in [0, 0.1) is 5.92 Å². The van der Waals surface area contributed by atoms with E-state index in [4.69, 9.17) is 5.73 Å². The van der Waals surface area contributed by atoms with Crippen LogP contribution in [0.3, 0.4) is 0 Å². The molecule has 0 aromatic rings. The maximum Gasteiger partial charge on any atom is 0.242 e. The van der Waals surface area contributed by atoms with Crippen LogP contribution in [-0.4, -0.2) is 66.9 Å². The van der Waals surface area contributed by atoms with Crippen molar-refractivity contribution >= 4 is 11.8 Å². The minimum absolute atomic E-state index is 0.0277. The molecule has 0 aliphatic carbocycles. The molecule has 1 saturated heterocycles. The van der Waals surface area contributed by atoms with Gasteiger partial charge in [-0.2, -0.15) is 0 Å². The lowest BCUT2D eigenvalue weighted by atomic mass is 10.1. The van der Waals surface area contributed by atoms with Crippen LogP contribution in [0.2, 0.25) is 0 Å². The van der Waals surface area contributed by atoms with E-state index >= 15 is 0 Å². The third-order valence-electron chi connectivity index (χ3n) is 3.61. The first-order chi connectivity index (χ1) is 8.95. The van der Waals surface area contributed by atoms with Crippen molar-refractivity contribution in [3.63, 3.8) is 0 Å². The summed E-state index contributed by atoms with van der Waals surface area (Å²) in [6, 6.07) is -0.551. The van der Waals surface area contributed by atoms with E-state index in [1.807, 2.05) is 13.8 Å². The van der Waals surface area contributed by atoms with Crippen LogP contribution in [0.25, 0.3) is 0 Å². The smallest absolute Gasteiger partial charge is 0.242 e. The molecule has 2 amide bonds. The molecule has 1 atom stereocenters. The van der Waals surface area contributed by atoms with Crippen molar-refractivity contribution in [1.29, 1.82) is 0 Å². The molecule has 1 aliphatic rings. The maximum absolute atomic E-state index is 11.9. The monoisotopic (exact) mass is 270 g/mol. The maximum atomic E-state index is 11.9. The van der Waals surface area contributed by atoms with Crippen LogP contribution in [0.5, 0.6) is 0 Å². The van der Waals surface area contributed by atoms with Crippen LogP contribution >= 0.6 is 0 Å². The van der Waals surface area contributed by atoms with Gasteiger partial charge in [-0.05, 0) is 12.5 Å². The molecule has 6 heteroatoms. The molecule has 1 aliphatic heterocycles. The van der Waals surface area contributed by atoms with Crippen molar-refractivity contribution in [2.45, 2.75) is 26.8 Å². The van der Waals surface area contributed by atoms with Crippen molar-refractivity contribution in [2.75, 3.05) is 39.3 Å². The summed E-state index contributed by atoms with van der Waals surface area (Å²) in [4.78, 5) is 27.7. The fraction of sp³-hybridized carbons (Fsp3) is 0.846. The number of amides is 2. The molecule has 3 N–H and O–H groups in total. The van der Waals surface area contributed by atoms with Gasteiger partial charge >= 0.3 is 0 Å². The third kappa shape index (κ3) is 4.80. The molecule has 1 heterocycles. The van der Waals surface area contributed by atoms with Gasteiger partial charge in [-0.25, -0.2) is 0 Å². The third-order valence-corrected chi connectivity index (χ3v) is 3.61. The van der Waals surface area contributed by atoms with E-state index in [2.05, 4.69) is 17.1 Å².